The quantitative estimate of drug-likeness (QED) is 0.291. The summed E-state index contributed by atoms with van der Waals surface area (Å²) in [4.78, 5) is 0. The minimum atomic E-state index is -0.276. The van der Waals surface area contributed by atoms with Gasteiger partial charge in [-0.05, 0) is 71.9 Å². The molecule has 3 nitrogen and oxygen atoms in total. The normalized spacial score (nSPS) is 11.5. The first-order valence-corrected chi connectivity index (χ1v) is 11.4. The van der Waals surface area contributed by atoms with Gasteiger partial charge in [0.25, 0.3) is 0 Å². The van der Waals surface area contributed by atoms with Crippen molar-refractivity contribution in [2.75, 3.05) is 6.61 Å². The smallest absolute Gasteiger partial charge is 0.175 e. The fourth-order valence-corrected chi connectivity index (χ4v) is 3.92. The van der Waals surface area contributed by atoms with Crippen molar-refractivity contribution < 1.29 is 13.9 Å². The number of halogens is 3. The third kappa shape index (κ3) is 7.80. The van der Waals surface area contributed by atoms with E-state index in [-0.39, 0.29) is 24.8 Å². The largest absolute Gasteiger partial charge is 0.490 e. The molecule has 0 fully saturated rings. The fourth-order valence-electron chi connectivity index (χ4n) is 3.31. The van der Waals surface area contributed by atoms with Crippen LogP contribution in [0.2, 0.25) is 0 Å². The van der Waals surface area contributed by atoms with Gasteiger partial charge < -0.3 is 14.8 Å². The molecule has 172 valence electrons. The van der Waals surface area contributed by atoms with Crippen LogP contribution in [-0.2, 0) is 19.6 Å². The van der Waals surface area contributed by atoms with E-state index in [9.17, 15) is 4.39 Å². The van der Waals surface area contributed by atoms with Crippen molar-refractivity contribution in [1.82, 2.24) is 5.32 Å². The summed E-state index contributed by atoms with van der Waals surface area (Å²) in [6.07, 6.45) is 2.11. The first-order chi connectivity index (χ1) is 15.1. The molecule has 32 heavy (non-hydrogen) atoms. The maximum atomic E-state index is 13.9. The zero-order valence-electron chi connectivity index (χ0n) is 18.4. The molecule has 0 bridgehead atoms. The summed E-state index contributed by atoms with van der Waals surface area (Å²) in [5.41, 5.74) is 2.96. The summed E-state index contributed by atoms with van der Waals surface area (Å²) in [5.74, 6) is 0.967. The maximum Gasteiger partial charge on any atom is 0.175 e. The Hall–Kier alpha value is -2.08. The number of nitrogens with one attached hydrogen (secondary N) is 1. The van der Waals surface area contributed by atoms with E-state index >= 15 is 0 Å². The molecule has 0 heterocycles. The third-order valence-electron chi connectivity index (χ3n) is 5.06. The van der Waals surface area contributed by atoms with Crippen molar-refractivity contribution in [1.29, 1.82) is 0 Å². The average Bonchev–Trinajstić information content (AvgIpc) is 2.77. The van der Waals surface area contributed by atoms with Crippen LogP contribution in [0.15, 0.2) is 71.2 Å². The summed E-state index contributed by atoms with van der Waals surface area (Å²) in [6, 6.07) is 21.6. The Morgan fingerprint density at radius 1 is 0.969 bits per heavy atom. The molecule has 0 amide bonds. The van der Waals surface area contributed by atoms with Gasteiger partial charge in [-0.15, -0.1) is 12.4 Å². The van der Waals surface area contributed by atoms with Gasteiger partial charge in [-0.2, -0.15) is 0 Å². The van der Waals surface area contributed by atoms with E-state index in [1.807, 2.05) is 25.1 Å². The van der Waals surface area contributed by atoms with Gasteiger partial charge in [0.05, 0.1) is 11.1 Å². The lowest BCUT2D eigenvalue weighted by Gasteiger charge is -2.18. The van der Waals surface area contributed by atoms with Crippen LogP contribution in [0.1, 0.15) is 37.0 Å². The predicted octanol–water partition coefficient (Wildman–Crippen LogP) is 7.10. The van der Waals surface area contributed by atoms with Crippen LogP contribution in [0.3, 0.4) is 0 Å². The number of hydrogen-bond acceptors (Lipinski definition) is 3. The molecule has 3 rings (SSSR count). The van der Waals surface area contributed by atoms with Crippen molar-refractivity contribution in [3.05, 3.63) is 93.7 Å². The molecular formula is C26H30BrClFNO2. The van der Waals surface area contributed by atoms with E-state index in [1.165, 1.54) is 11.6 Å². The van der Waals surface area contributed by atoms with Crippen LogP contribution in [0, 0.1) is 5.82 Å². The summed E-state index contributed by atoms with van der Waals surface area (Å²) < 4.78 is 26.5. The molecule has 3 aromatic rings. The maximum absolute atomic E-state index is 13.9. The summed E-state index contributed by atoms with van der Waals surface area (Å²) in [5, 5.41) is 3.58. The molecule has 0 radical (unpaired) electrons. The Labute approximate surface area is 204 Å². The predicted molar refractivity (Wildman–Crippen MR) is 134 cm³/mol. The second-order valence-corrected chi connectivity index (χ2v) is 8.38. The lowest BCUT2D eigenvalue weighted by atomic mass is 10.1. The highest BCUT2D eigenvalue weighted by atomic mass is 79.9. The van der Waals surface area contributed by atoms with Crippen molar-refractivity contribution in [3.8, 4) is 11.5 Å². The third-order valence-corrected chi connectivity index (χ3v) is 5.65. The van der Waals surface area contributed by atoms with Crippen molar-refractivity contribution in [2.45, 2.75) is 45.9 Å². The molecule has 0 aliphatic rings. The Morgan fingerprint density at radius 3 is 2.41 bits per heavy atom. The molecule has 6 heteroatoms. The highest BCUT2D eigenvalue weighted by Gasteiger charge is 2.14. The summed E-state index contributed by atoms with van der Waals surface area (Å²) in [6.45, 7) is 5.52. The molecule has 0 aliphatic heterocycles. The van der Waals surface area contributed by atoms with E-state index in [4.69, 9.17) is 9.47 Å². The van der Waals surface area contributed by atoms with Crippen LogP contribution in [0.25, 0.3) is 0 Å². The molecule has 0 spiro atoms. The van der Waals surface area contributed by atoms with Gasteiger partial charge in [0.1, 0.15) is 12.4 Å². The van der Waals surface area contributed by atoms with Crippen LogP contribution in [0.4, 0.5) is 4.39 Å². The molecule has 0 aliphatic carbocycles. The number of ether oxygens (including phenoxy) is 2. The Balaban J connectivity index is 0.00000363. The molecule has 0 saturated heterocycles. The van der Waals surface area contributed by atoms with E-state index in [2.05, 4.69) is 52.4 Å². The lowest BCUT2D eigenvalue weighted by Crippen LogP contribution is -2.26. The zero-order valence-corrected chi connectivity index (χ0v) is 20.8. The number of rotatable bonds is 11. The first kappa shape index (κ1) is 26.2. The number of hydrogen-bond donors (Lipinski definition) is 1. The fraction of sp³-hybridized carbons (Fsp3) is 0.308. The van der Waals surface area contributed by atoms with Crippen molar-refractivity contribution >= 4 is 28.3 Å². The first-order valence-electron chi connectivity index (χ1n) is 10.7. The molecule has 0 saturated carbocycles. The Bertz CT molecular complexity index is 971. The zero-order chi connectivity index (χ0) is 22.1. The monoisotopic (exact) mass is 521 g/mol. The molecule has 0 aromatic heterocycles. The SMILES string of the molecule is CCOc1cc(CNC(C)CCc2ccccc2)cc(Br)c1OCc1ccccc1F.Cl. The van der Waals surface area contributed by atoms with E-state index in [1.54, 1.807) is 18.2 Å². The lowest BCUT2D eigenvalue weighted by molar-refractivity contribution is 0.264. The second-order valence-electron chi connectivity index (χ2n) is 7.52. The summed E-state index contributed by atoms with van der Waals surface area (Å²) >= 11 is 3.60. The minimum Gasteiger partial charge on any atom is -0.490 e. The highest BCUT2D eigenvalue weighted by molar-refractivity contribution is 9.10. The van der Waals surface area contributed by atoms with E-state index < -0.39 is 0 Å². The second kappa shape index (κ2) is 13.5. The van der Waals surface area contributed by atoms with Crippen molar-refractivity contribution in [2.24, 2.45) is 0 Å². The molecule has 1 atom stereocenters. The van der Waals surface area contributed by atoms with Gasteiger partial charge in [-0.3, -0.25) is 0 Å². The van der Waals surface area contributed by atoms with Crippen LogP contribution in [0.5, 0.6) is 11.5 Å². The van der Waals surface area contributed by atoms with E-state index in [0.717, 1.165) is 29.4 Å². The van der Waals surface area contributed by atoms with Crippen molar-refractivity contribution in [3.63, 3.8) is 0 Å². The van der Waals surface area contributed by atoms with Crippen LogP contribution >= 0.6 is 28.3 Å². The topological polar surface area (TPSA) is 30.5 Å². The minimum absolute atomic E-state index is 0. The average molecular weight is 523 g/mol. The Morgan fingerprint density at radius 2 is 1.69 bits per heavy atom. The molecular weight excluding hydrogens is 493 g/mol. The van der Waals surface area contributed by atoms with E-state index in [0.29, 0.717) is 29.7 Å². The standard InChI is InChI=1S/C26H29BrFNO2.ClH/c1-3-30-25-16-21(17-29-19(2)13-14-20-9-5-4-6-10-20)15-23(27)26(25)31-18-22-11-7-8-12-24(22)28;/h4-12,15-16,19,29H,3,13-14,17-18H2,1-2H3;1H. The molecule has 1 unspecified atom stereocenters. The molecule has 3 aromatic carbocycles. The summed E-state index contributed by atoms with van der Waals surface area (Å²) in [7, 11) is 0. The van der Waals surface area contributed by atoms with Gasteiger partial charge in [0, 0.05) is 18.2 Å². The van der Waals surface area contributed by atoms with Gasteiger partial charge in [-0.25, -0.2) is 4.39 Å². The highest BCUT2D eigenvalue weighted by Crippen LogP contribution is 2.37. The van der Waals surface area contributed by atoms with Crippen LogP contribution < -0.4 is 14.8 Å². The van der Waals surface area contributed by atoms with Gasteiger partial charge in [0.15, 0.2) is 11.5 Å². The van der Waals surface area contributed by atoms with Crippen LogP contribution in [-0.4, -0.2) is 12.6 Å². The van der Waals surface area contributed by atoms with Gasteiger partial charge in [0.2, 0.25) is 0 Å². The Kier molecular flexibility index (Phi) is 11.0. The molecule has 1 N–H and O–H groups in total. The van der Waals surface area contributed by atoms with Gasteiger partial charge in [-0.1, -0.05) is 48.5 Å². The number of aryl methyl sites for hydroxylation is 1. The number of benzene rings is 3. The van der Waals surface area contributed by atoms with Gasteiger partial charge >= 0.3 is 0 Å².